The lowest BCUT2D eigenvalue weighted by molar-refractivity contribution is -0.121. The van der Waals surface area contributed by atoms with Crippen molar-refractivity contribution in [2.75, 3.05) is 7.11 Å². The van der Waals surface area contributed by atoms with Gasteiger partial charge >= 0.3 is 0 Å². The van der Waals surface area contributed by atoms with E-state index in [1.54, 1.807) is 23.8 Å². The Balaban J connectivity index is 1.60. The number of H-pyrrole nitrogens is 1. The van der Waals surface area contributed by atoms with Gasteiger partial charge in [-0.1, -0.05) is 0 Å². The third-order valence-corrected chi connectivity index (χ3v) is 3.84. The SMILES string of the molecule is COc1ccc2nnc(CNC(=O)CCc3c(C)n[nH]c3C)n2n1. The van der Waals surface area contributed by atoms with E-state index in [4.69, 9.17) is 4.74 Å². The molecule has 0 spiro atoms. The van der Waals surface area contributed by atoms with Crippen molar-refractivity contribution in [1.29, 1.82) is 0 Å². The molecule has 2 N–H and O–H groups in total. The van der Waals surface area contributed by atoms with Gasteiger partial charge in [0.15, 0.2) is 11.5 Å². The van der Waals surface area contributed by atoms with Crippen LogP contribution in [0, 0.1) is 13.8 Å². The molecule has 3 aromatic rings. The number of aryl methyl sites for hydroxylation is 2. The van der Waals surface area contributed by atoms with Crippen LogP contribution in [0.1, 0.15) is 29.2 Å². The van der Waals surface area contributed by atoms with Crippen molar-refractivity contribution in [3.8, 4) is 5.88 Å². The van der Waals surface area contributed by atoms with Crippen molar-refractivity contribution >= 4 is 11.6 Å². The average Bonchev–Trinajstić information content (AvgIpc) is 3.14. The summed E-state index contributed by atoms with van der Waals surface area (Å²) < 4.78 is 6.65. The molecule has 1 amide bonds. The molecule has 126 valence electrons. The van der Waals surface area contributed by atoms with Crippen LogP contribution in [0.2, 0.25) is 0 Å². The number of methoxy groups -OCH3 is 1. The van der Waals surface area contributed by atoms with Crippen molar-refractivity contribution in [3.05, 3.63) is 34.9 Å². The first-order valence-electron chi connectivity index (χ1n) is 7.61. The van der Waals surface area contributed by atoms with E-state index >= 15 is 0 Å². The van der Waals surface area contributed by atoms with Crippen LogP contribution in [0.4, 0.5) is 0 Å². The molecular weight excluding hydrogens is 310 g/mol. The molecule has 0 aromatic carbocycles. The Bertz CT molecular complexity index is 848. The lowest BCUT2D eigenvalue weighted by Crippen LogP contribution is -2.24. The molecule has 0 bridgehead atoms. The lowest BCUT2D eigenvalue weighted by Gasteiger charge is -2.05. The van der Waals surface area contributed by atoms with Gasteiger partial charge in [0.25, 0.3) is 0 Å². The van der Waals surface area contributed by atoms with Crippen LogP contribution in [0.3, 0.4) is 0 Å². The van der Waals surface area contributed by atoms with Gasteiger partial charge in [0.05, 0.1) is 19.3 Å². The van der Waals surface area contributed by atoms with Crippen molar-refractivity contribution in [1.82, 2.24) is 35.3 Å². The van der Waals surface area contributed by atoms with Gasteiger partial charge in [-0.25, -0.2) is 0 Å². The molecule has 0 saturated carbocycles. The minimum absolute atomic E-state index is 0.0605. The molecule has 9 nitrogen and oxygen atoms in total. The molecule has 3 heterocycles. The standard InChI is InChI=1S/C15H19N7O2/c1-9-11(10(2)18-17-9)4-6-14(23)16-8-13-20-19-12-5-7-15(24-3)21-22(12)13/h5,7H,4,6,8H2,1-3H3,(H,16,23)(H,17,18). The van der Waals surface area contributed by atoms with Crippen molar-refractivity contribution < 1.29 is 9.53 Å². The number of fused-ring (bicyclic) bond motifs is 1. The number of nitrogens with one attached hydrogen (secondary N) is 2. The van der Waals surface area contributed by atoms with E-state index in [0.717, 1.165) is 17.0 Å². The van der Waals surface area contributed by atoms with Gasteiger partial charge in [0, 0.05) is 18.2 Å². The fourth-order valence-electron chi connectivity index (χ4n) is 2.48. The monoisotopic (exact) mass is 329 g/mol. The predicted octanol–water partition coefficient (Wildman–Crippen LogP) is 0.722. The quantitative estimate of drug-likeness (QED) is 0.689. The Labute approximate surface area is 138 Å². The number of nitrogens with zero attached hydrogens (tertiary/aromatic N) is 5. The Kier molecular flexibility index (Phi) is 4.41. The molecule has 0 unspecified atom stereocenters. The summed E-state index contributed by atoms with van der Waals surface area (Å²) in [6.07, 6.45) is 1.03. The number of ether oxygens (including phenoxy) is 1. The van der Waals surface area contributed by atoms with Crippen molar-refractivity contribution in [3.63, 3.8) is 0 Å². The van der Waals surface area contributed by atoms with Crippen molar-refractivity contribution in [2.24, 2.45) is 0 Å². The highest BCUT2D eigenvalue weighted by Crippen LogP contribution is 2.12. The molecular formula is C15H19N7O2. The third-order valence-electron chi connectivity index (χ3n) is 3.84. The highest BCUT2D eigenvalue weighted by molar-refractivity contribution is 5.76. The van der Waals surface area contributed by atoms with E-state index in [0.29, 0.717) is 30.2 Å². The van der Waals surface area contributed by atoms with Gasteiger partial charge in [-0.05, 0) is 31.9 Å². The van der Waals surface area contributed by atoms with Crippen LogP contribution in [0.5, 0.6) is 5.88 Å². The van der Waals surface area contributed by atoms with Crippen LogP contribution < -0.4 is 10.1 Å². The molecule has 3 aromatic heterocycles. The molecule has 0 aliphatic heterocycles. The first kappa shape index (κ1) is 15.9. The number of carbonyl (C=O) groups is 1. The molecule has 24 heavy (non-hydrogen) atoms. The maximum atomic E-state index is 12.1. The first-order chi connectivity index (χ1) is 11.6. The summed E-state index contributed by atoms with van der Waals surface area (Å²) in [5.41, 5.74) is 3.62. The third kappa shape index (κ3) is 3.19. The minimum atomic E-state index is -0.0605. The van der Waals surface area contributed by atoms with Crippen LogP contribution in [0.25, 0.3) is 5.65 Å². The number of carbonyl (C=O) groups excluding carboxylic acids is 1. The van der Waals surface area contributed by atoms with Gasteiger partial charge < -0.3 is 10.1 Å². The summed E-state index contributed by atoms with van der Waals surface area (Å²) >= 11 is 0. The summed E-state index contributed by atoms with van der Waals surface area (Å²) in [6, 6.07) is 3.47. The molecule has 0 aliphatic carbocycles. The van der Waals surface area contributed by atoms with E-state index in [1.807, 2.05) is 13.8 Å². The fraction of sp³-hybridized carbons (Fsp3) is 0.400. The molecule has 0 atom stereocenters. The Hall–Kier alpha value is -2.97. The van der Waals surface area contributed by atoms with E-state index in [-0.39, 0.29) is 12.5 Å². The zero-order chi connectivity index (χ0) is 17.1. The summed E-state index contributed by atoms with van der Waals surface area (Å²) in [5.74, 6) is 0.948. The summed E-state index contributed by atoms with van der Waals surface area (Å²) in [7, 11) is 1.54. The second kappa shape index (κ2) is 6.65. The highest BCUT2D eigenvalue weighted by atomic mass is 16.5. The van der Waals surface area contributed by atoms with E-state index < -0.39 is 0 Å². The van der Waals surface area contributed by atoms with Gasteiger partial charge in [-0.2, -0.15) is 9.61 Å². The van der Waals surface area contributed by atoms with E-state index in [1.165, 1.54) is 0 Å². The molecule has 0 fully saturated rings. The Morgan fingerprint density at radius 1 is 1.33 bits per heavy atom. The normalized spacial score (nSPS) is 11.0. The van der Waals surface area contributed by atoms with Gasteiger partial charge in [0.2, 0.25) is 11.8 Å². The summed E-state index contributed by atoms with van der Waals surface area (Å²) in [5, 5.41) is 22.2. The smallest absolute Gasteiger partial charge is 0.231 e. The van der Waals surface area contributed by atoms with Gasteiger partial charge in [0.1, 0.15) is 0 Å². The number of aromatic amines is 1. The van der Waals surface area contributed by atoms with E-state index in [9.17, 15) is 4.79 Å². The maximum Gasteiger partial charge on any atom is 0.231 e. The molecule has 3 rings (SSSR count). The topological polar surface area (TPSA) is 110 Å². The van der Waals surface area contributed by atoms with Gasteiger partial charge in [-0.3, -0.25) is 9.89 Å². The highest BCUT2D eigenvalue weighted by Gasteiger charge is 2.12. The number of amides is 1. The lowest BCUT2D eigenvalue weighted by atomic mass is 10.1. The number of hydrogen-bond acceptors (Lipinski definition) is 6. The predicted molar refractivity (Wildman–Crippen MR) is 85.6 cm³/mol. The zero-order valence-corrected chi connectivity index (χ0v) is 13.8. The Morgan fingerprint density at radius 3 is 2.88 bits per heavy atom. The molecule has 9 heteroatoms. The van der Waals surface area contributed by atoms with Crippen molar-refractivity contribution in [2.45, 2.75) is 33.2 Å². The minimum Gasteiger partial charge on any atom is -0.480 e. The number of rotatable bonds is 6. The van der Waals surface area contributed by atoms with Crippen LogP contribution in [-0.2, 0) is 17.8 Å². The number of aromatic nitrogens is 6. The average molecular weight is 329 g/mol. The maximum absolute atomic E-state index is 12.1. The molecule has 0 aliphatic rings. The molecule has 0 saturated heterocycles. The summed E-state index contributed by atoms with van der Waals surface area (Å²) in [4.78, 5) is 12.1. The Morgan fingerprint density at radius 2 is 2.17 bits per heavy atom. The molecule has 0 radical (unpaired) electrons. The first-order valence-corrected chi connectivity index (χ1v) is 7.61. The van der Waals surface area contributed by atoms with E-state index in [2.05, 4.69) is 30.8 Å². The second-order valence-electron chi connectivity index (χ2n) is 5.45. The van der Waals surface area contributed by atoms with Crippen LogP contribution >= 0.6 is 0 Å². The fourth-order valence-corrected chi connectivity index (χ4v) is 2.48. The zero-order valence-electron chi connectivity index (χ0n) is 13.8. The van der Waals surface area contributed by atoms with Crippen LogP contribution in [-0.4, -0.2) is 43.0 Å². The number of hydrogen-bond donors (Lipinski definition) is 2. The summed E-state index contributed by atoms with van der Waals surface area (Å²) in [6.45, 7) is 4.14. The van der Waals surface area contributed by atoms with Crippen LogP contribution in [0.15, 0.2) is 12.1 Å². The largest absolute Gasteiger partial charge is 0.480 e. The second-order valence-corrected chi connectivity index (χ2v) is 5.45. The van der Waals surface area contributed by atoms with Gasteiger partial charge in [-0.15, -0.1) is 15.3 Å².